The first-order valence-electron chi connectivity index (χ1n) is 9.56. The van der Waals surface area contributed by atoms with Crippen LogP contribution >= 0.6 is 23.2 Å². The zero-order valence-corrected chi connectivity index (χ0v) is 18.6. The third kappa shape index (κ3) is 4.28. The highest BCUT2D eigenvalue weighted by Crippen LogP contribution is 2.37. The van der Waals surface area contributed by atoms with Crippen molar-refractivity contribution in [2.45, 2.75) is 26.2 Å². The van der Waals surface area contributed by atoms with Gasteiger partial charge in [0.05, 0.1) is 27.9 Å². The summed E-state index contributed by atoms with van der Waals surface area (Å²) in [6, 6.07) is 6.83. The second kappa shape index (κ2) is 9.18. The Morgan fingerprint density at radius 2 is 1.84 bits per heavy atom. The van der Waals surface area contributed by atoms with Crippen LogP contribution in [0.1, 0.15) is 40.9 Å². The first kappa shape index (κ1) is 23.6. The van der Waals surface area contributed by atoms with Gasteiger partial charge in [-0.05, 0) is 49.7 Å². The zero-order valence-electron chi connectivity index (χ0n) is 17.1. The molecule has 0 saturated heterocycles. The molecule has 0 bridgehead atoms. The molecule has 1 amide bonds. The minimum absolute atomic E-state index is 0.0724. The van der Waals surface area contributed by atoms with Crippen LogP contribution in [-0.4, -0.2) is 39.1 Å². The Hall–Kier alpha value is -3.10. The molecule has 10 heteroatoms. The van der Waals surface area contributed by atoms with Crippen LogP contribution in [0.2, 0.25) is 10.0 Å². The van der Waals surface area contributed by atoms with E-state index in [1.54, 1.807) is 6.92 Å². The fourth-order valence-electron chi connectivity index (χ4n) is 3.61. The van der Waals surface area contributed by atoms with E-state index >= 15 is 0 Å². The Bertz CT molecular complexity index is 1260. The summed E-state index contributed by atoms with van der Waals surface area (Å²) in [4.78, 5) is 36.6. The number of aromatic nitrogens is 1. The molecule has 0 spiro atoms. The largest absolute Gasteiger partial charge is 0.505 e. The molecule has 3 rings (SSSR count). The number of phenols is 1. The van der Waals surface area contributed by atoms with E-state index in [4.69, 9.17) is 28.3 Å². The molecule has 0 fully saturated rings. The van der Waals surface area contributed by atoms with Gasteiger partial charge in [0.1, 0.15) is 0 Å². The molecule has 0 saturated carbocycles. The third-order valence-electron chi connectivity index (χ3n) is 5.17. The van der Waals surface area contributed by atoms with E-state index in [1.165, 1.54) is 35.8 Å². The van der Waals surface area contributed by atoms with Gasteiger partial charge in [0, 0.05) is 23.2 Å². The van der Waals surface area contributed by atoms with Crippen molar-refractivity contribution in [3.8, 4) is 5.75 Å². The summed E-state index contributed by atoms with van der Waals surface area (Å²) in [5.74, 6) is -4.68. The maximum atomic E-state index is 15.0. The van der Waals surface area contributed by atoms with E-state index in [0.29, 0.717) is 5.69 Å². The molecular weight excluding hydrogens is 462 g/mol. The van der Waals surface area contributed by atoms with Gasteiger partial charge < -0.3 is 15.5 Å². The molecule has 0 aliphatic rings. The molecule has 168 valence electrons. The van der Waals surface area contributed by atoms with Gasteiger partial charge in [-0.1, -0.05) is 23.2 Å². The van der Waals surface area contributed by atoms with Crippen LogP contribution in [0.15, 0.2) is 30.3 Å². The van der Waals surface area contributed by atoms with Crippen molar-refractivity contribution >= 4 is 51.9 Å². The van der Waals surface area contributed by atoms with Crippen molar-refractivity contribution in [2.24, 2.45) is 0 Å². The smallest absolute Gasteiger partial charge is 0.305 e. The van der Waals surface area contributed by atoms with Gasteiger partial charge in [0.25, 0.3) is 5.91 Å². The average molecular weight is 481 g/mol. The Morgan fingerprint density at radius 1 is 1.16 bits per heavy atom. The molecular formula is C22H19Cl2FN2O5. The molecule has 0 unspecified atom stereocenters. The second-order valence-corrected chi connectivity index (χ2v) is 8.03. The van der Waals surface area contributed by atoms with Crippen LogP contribution in [0, 0.1) is 12.7 Å². The number of hydrogen-bond donors (Lipinski definition) is 3. The van der Waals surface area contributed by atoms with Crippen LogP contribution < -0.4 is 5.32 Å². The number of nitrogens with one attached hydrogen (secondary N) is 1. The van der Waals surface area contributed by atoms with Crippen LogP contribution in [0.5, 0.6) is 5.75 Å². The third-order valence-corrected chi connectivity index (χ3v) is 5.91. The van der Waals surface area contributed by atoms with Gasteiger partial charge in [-0.15, -0.1) is 0 Å². The maximum absolute atomic E-state index is 15.0. The van der Waals surface area contributed by atoms with Crippen molar-refractivity contribution in [3.63, 3.8) is 0 Å². The van der Waals surface area contributed by atoms with Gasteiger partial charge in [-0.2, -0.15) is 0 Å². The lowest BCUT2D eigenvalue weighted by molar-refractivity contribution is -0.136. The number of aliphatic carboxylic acids is 1. The van der Waals surface area contributed by atoms with Crippen molar-refractivity contribution < 1.29 is 29.0 Å². The predicted molar refractivity (Wildman–Crippen MR) is 118 cm³/mol. The number of carbonyl (C=O) groups is 3. The van der Waals surface area contributed by atoms with Gasteiger partial charge in [-0.25, -0.2) is 4.39 Å². The summed E-state index contributed by atoms with van der Waals surface area (Å²) in [7, 11) is 0. The number of hydrogen-bond acceptors (Lipinski definition) is 4. The fourth-order valence-corrected chi connectivity index (χ4v) is 3.90. The number of benzene rings is 2. The highest BCUT2D eigenvalue weighted by Gasteiger charge is 2.29. The molecule has 0 aliphatic heterocycles. The summed E-state index contributed by atoms with van der Waals surface area (Å²) in [5, 5.41) is 21.5. The Labute approximate surface area is 192 Å². The number of carbonyl (C=O) groups excluding carboxylic acids is 2. The van der Waals surface area contributed by atoms with Crippen LogP contribution in [0.4, 0.5) is 4.39 Å². The number of phenolic OH excluding ortho intramolecular Hbond substituents is 1. The number of fused-ring (bicyclic) bond motifs is 1. The Balaban J connectivity index is 2.15. The maximum Gasteiger partial charge on any atom is 0.305 e. The summed E-state index contributed by atoms with van der Waals surface area (Å²) < 4.78 is 16.2. The molecule has 3 N–H and O–H groups in total. The van der Waals surface area contributed by atoms with E-state index in [0.717, 1.165) is 6.07 Å². The van der Waals surface area contributed by atoms with E-state index in [2.05, 4.69) is 5.32 Å². The van der Waals surface area contributed by atoms with Crippen molar-refractivity contribution in [1.82, 2.24) is 9.88 Å². The topological polar surface area (TPSA) is 109 Å². The molecule has 1 heterocycles. The molecule has 0 aliphatic carbocycles. The average Bonchev–Trinajstić information content (AvgIpc) is 3.03. The summed E-state index contributed by atoms with van der Waals surface area (Å²) in [6.45, 7) is 2.96. The quantitative estimate of drug-likeness (QED) is 0.481. The van der Waals surface area contributed by atoms with Gasteiger partial charge in [0.15, 0.2) is 11.6 Å². The summed E-state index contributed by atoms with van der Waals surface area (Å²) in [6.07, 6.45) is -0.274. The minimum atomic E-state index is -1.08. The first-order valence-corrected chi connectivity index (χ1v) is 10.3. The number of aromatic hydroxyl groups is 1. The molecule has 3 aromatic rings. The van der Waals surface area contributed by atoms with E-state index in [-0.39, 0.29) is 45.0 Å². The molecule has 1 atom stereocenters. The number of rotatable bonds is 6. The molecule has 32 heavy (non-hydrogen) atoms. The monoisotopic (exact) mass is 480 g/mol. The second-order valence-electron chi connectivity index (χ2n) is 7.22. The number of halogens is 3. The molecule has 7 nitrogen and oxygen atoms in total. The van der Waals surface area contributed by atoms with E-state index in [1.807, 2.05) is 0 Å². The van der Waals surface area contributed by atoms with Crippen molar-refractivity contribution in [3.05, 3.63) is 63.0 Å². The number of amides is 1. The lowest BCUT2D eigenvalue weighted by atomic mass is 9.96. The SMILES string of the molecule is Cc1c([C@H](C)C(=O)NCCC(=O)O)c2c(F)c(O)ccc2n1C(=O)c1ccc(Cl)c(Cl)c1. The molecule has 0 radical (unpaired) electrons. The van der Waals surface area contributed by atoms with Crippen molar-refractivity contribution in [2.75, 3.05) is 6.54 Å². The van der Waals surface area contributed by atoms with Crippen LogP contribution in [-0.2, 0) is 9.59 Å². The van der Waals surface area contributed by atoms with Gasteiger partial charge >= 0.3 is 5.97 Å². The molecule has 2 aromatic carbocycles. The van der Waals surface area contributed by atoms with E-state index < -0.39 is 35.3 Å². The van der Waals surface area contributed by atoms with Crippen molar-refractivity contribution in [1.29, 1.82) is 0 Å². The van der Waals surface area contributed by atoms with Gasteiger partial charge in [-0.3, -0.25) is 19.0 Å². The Kier molecular flexibility index (Phi) is 6.76. The lowest BCUT2D eigenvalue weighted by Gasteiger charge is -2.14. The van der Waals surface area contributed by atoms with Crippen LogP contribution in [0.3, 0.4) is 0 Å². The highest BCUT2D eigenvalue weighted by molar-refractivity contribution is 6.42. The summed E-state index contributed by atoms with van der Waals surface area (Å²) >= 11 is 12.0. The predicted octanol–water partition coefficient (Wildman–Crippen LogP) is 4.48. The van der Waals surface area contributed by atoms with Crippen LogP contribution in [0.25, 0.3) is 10.9 Å². The first-order chi connectivity index (χ1) is 15.0. The van der Waals surface area contributed by atoms with E-state index in [9.17, 15) is 23.9 Å². The zero-order chi connectivity index (χ0) is 23.7. The number of nitrogens with zero attached hydrogens (tertiary/aromatic N) is 1. The minimum Gasteiger partial charge on any atom is -0.505 e. The van der Waals surface area contributed by atoms with Gasteiger partial charge in [0.2, 0.25) is 5.91 Å². The number of carboxylic acid groups (broad SMARTS) is 1. The lowest BCUT2D eigenvalue weighted by Crippen LogP contribution is -2.30. The summed E-state index contributed by atoms with van der Waals surface area (Å²) in [5.41, 5.74) is 0.850. The fraction of sp³-hybridized carbons (Fsp3) is 0.227. The number of carboxylic acids is 1. The Morgan fingerprint density at radius 3 is 2.47 bits per heavy atom. The highest BCUT2D eigenvalue weighted by atomic mass is 35.5. The standard InChI is InChI=1S/C22H19Cl2FN2O5/c1-10(21(31)26-8-7-17(29)30)18-11(2)27(15-5-6-16(28)20(25)19(15)18)22(32)12-3-4-13(23)14(24)9-12/h3-6,9-10,28H,7-8H2,1-2H3,(H,26,31)(H,29,30)/t10-/m0/s1. The molecule has 1 aromatic heterocycles. The normalized spacial score (nSPS) is 12.0.